The third-order valence-electron chi connectivity index (χ3n) is 4.55. The highest BCUT2D eigenvalue weighted by Crippen LogP contribution is 2.33. The van der Waals surface area contributed by atoms with E-state index in [1.165, 1.54) is 12.0 Å². The minimum absolute atomic E-state index is 0.178. The zero-order valence-corrected chi connectivity index (χ0v) is 14.0. The van der Waals surface area contributed by atoms with Gasteiger partial charge in [-0.15, -0.1) is 0 Å². The maximum atomic E-state index is 12.5. The molecule has 1 aliphatic rings. The van der Waals surface area contributed by atoms with Crippen molar-refractivity contribution in [2.75, 3.05) is 20.8 Å². The summed E-state index contributed by atoms with van der Waals surface area (Å²) in [6.07, 6.45) is 4.41. The van der Waals surface area contributed by atoms with Crippen LogP contribution in [0.25, 0.3) is 0 Å². The van der Waals surface area contributed by atoms with Crippen molar-refractivity contribution in [3.8, 4) is 23.6 Å². The van der Waals surface area contributed by atoms with Crippen LogP contribution in [-0.4, -0.2) is 37.1 Å². The smallest absolute Gasteiger partial charge is 0.261 e. The molecule has 0 unspecified atom stereocenters. The molecule has 1 aliphatic carbocycles. The molecule has 0 aliphatic heterocycles. The highest BCUT2D eigenvalue weighted by molar-refractivity contribution is 5.79. The van der Waals surface area contributed by atoms with E-state index < -0.39 is 5.54 Å². The first kappa shape index (κ1) is 17.6. The Hall–Kier alpha value is -2.73. The van der Waals surface area contributed by atoms with Crippen molar-refractivity contribution in [3.05, 3.63) is 23.8 Å². The second-order valence-electron chi connectivity index (χ2n) is 5.92. The monoisotopic (exact) mass is 327 g/mol. The number of carbonyl (C=O) groups excluding carboxylic acids is 1. The Balaban J connectivity index is 2.05. The molecule has 6 heteroatoms. The van der Waals surface area contributed by atoms with Gasteiger partial charge in [-0.05, 0) is 25.0 Å². The normalized spacial score (nSPS) is 15.7. The molecule has 0 N–H and O–H groups in total. The lowest BCUT2D eigenvalue weighted by atomic mass is 9.81. The predicted octanol–water partition coefficient (Wildman–Crippen LogP) is 2.63. The summed E-state index contributed by atoms with van der Waals surface area (Å²) >= 11 is 0. The van der Waals surface area contributed by atoms with Crippen LogP contribution in [0.4, 0.5) is 0 Å². The number of likely N-dealkylation sites (N-methyl/N-ethyl adjacent to an activating group) is 1. The summed E-state index contributed by atoms with van der Waals surface area (Å²) in [7, 11) is 3.14. The summed E-state index contributed by atoms with van der Waals surface area (Å²) in [6, 6.07) is 9.10. The fourth-order valence-corrected chi connectivity index (χ4v) is 2.99. The number of ether oxygens (including phenoxy) is 2. The Kier molecular flexibility index (Phi) is 5.65. The van der Waals surface area contributed by atoms with Crippen LogP contribution in [0.3, 0.4) is 0 Å². The first-order valence-electron chi connectivity index (χ1n) is 7.95. The van der Waals surface area contributed by atoms with Crippen molar-refractivity contribution >= 4 is 5.91 Å². The van der Waals surface area contributed by atoms with Crippen molar-refractivity contribution in [2.45, 2.75) is 37.6 Å². The molecule has 0 spiro atoms. The summed E-state index contributed by atoms with van der Waals surface area (Å²) in [5, 5.41) is 18.5. The molecule has 1 saturated carbocycles. The van der Waals surface area contributed by atoms with Crippen molar-refractivity contribution in [3.63, 3.8) is 0 Å². The molecule has 0 atom stereocenters. The molecule has 1 aromatic carbocycles. The Bertz CT molecular complexity index is 682. The van der Waals surface area contributed by atoms with Crippen LogP contribution in [0.2, 0.25) is 0 Å². The molecule has 24 heavy (non-hydrogen) atoms. The van der Waals surface area contributed by atoms with E-state index in [-0.39, 0.29) is 12.5 Å². The zero-order chi connectivity index (χ0) is 17.6. The van der Waals surface area contributed by atoms with Gasteiger partial charge in [0.05, 0.1) is 24.8 Å². The lowest BCUT2D eigenvalue weighted by Crippen LogP contribution is -2.51. The topological polar surface area (TPSA) is 86.3 Å². The minimum atomic E-state index is -0.729. The van der Waals surface area contributed by atoms with Gasteiger partial charge in [0.15, 0.2) is 18.1 Å². The average molecular weight is 327 g/mol. The Morgan fingerprint density at radius 3 is 2.54 bits per heavy atom. The molecule has 2 rings (SSSR count). The number of nitrogens with zero attached hydrogens (tertiary/aromatic N) is 3. The molecule has 0 radical (unpaired) electrons. The van der Waals surface area contributed by atoms with E-state index in [1.807, 2.05) is 6.07 Å². The van der Waals surface area contributed by atoms with E-state index in [0.29, 0.717) is 29.9 Å². The number of hydrogen-bond donors (Lipinski definition) is 0. The molecular formula is C18H21N3O3. The van der Waals surface area contributed by atoms with Crippen LogP contribution in [0.1, 0.15) is 37.7 Å². The lowest BCUT2D eigenvalue weighted by molar-refractivity contribution is -0.137. The van der Waals surface area contributed by atoms with E-state index in [2.05, 4.69) is 6.07 Å². The van der Waals surface area contributed by atoms with Gasteiger partial charge in [-0.1, -0.05) is 19.3 Å². The number of amides is 1. The van der Waals surface area contributed by atoms with Gasteiger partial charge in [0.2, 0.25) is 0 Å². The highest BCUT2D eigenvalue weighted by Gasteiger charge is 2.38. The van der Waals surface area contributed by atoms with Crippen LogP contribution in [0.15, 0.2) is 18.2 Å². The first-order chi connectivity index (χ1) is 11.6. The van der Waals surface area contributed by atoms with E-state index in [4.69, 9.17) is 14.7 Å². The second-order valence-corrected chi connectivity index (χ2v) is 5.92. The van der Waals surface area contributed by atoms with E-state index >= 15 is 0 Å². The number of rotatable bonds is 5. The average Bonchev–Trinajstić information content (AvgIpc) is 2.65. The van der Waals surface area contributed by atoms with Crippen LogP contribution >= 0.6 is 0 Å². The van der Waals surface area contributed by atoms with Gasteiger partial charge < -0.3 is 14.4 Å². The predicted molar refractivity (Wildman–Crippen MR) is 87.4 cm³/mol. The van der Waals surface area contributed by atoms with Gasteiger partial charge in [-0.25, -0.2) is 0 Å². The third-order valence-corrected chi connectivity index (χ3v) is 4.55. The van der Waals surface area contributed by atoms with Crippen molar-refractivity contribution < 1.29 is 14.3 Å². The number of carbonyl (C=O) groups is 1. The summed E-state index contributed by atoms with van der Waals surface area (Å²) in [4.78, 5) is 14.0. The Labute approximate surface area is 142 Å². The Morgan fingerprint density at radius 1 is 1.25 bits per heavy atom. The maximum absolute atomic E-state index is 12.5. The standard InChI is InChI=1S/C18H21N3O3/c1-21(18(13-20)8-4-3-5-9-18)17(22)12-24-15-7-6-14(11-19)10-16(15)23-2/h6-7,10H,3-5,8-9,12H2,1-2H3. The minimum Gasteiger partial charge on any atom is -0.493 e. The van der Waals surface area contributed by atoms with Crippen LogP contribution in [0.5, 0.6) is 11.5 Å². The van der Waals surface area contributed by atoms with Gasteiger partial charge in [-0.2, -0.15) is 10.5 Å². The van der Waals surface area contributed by atoms with Gasteiger partial charge in [0.25, 0.3) is 5.91 Å². The summed E-state index contributed by atoms with van der Waals surface area (Å²) < 4.78 is 10.7. The Morgan fingerprint density at radius 2 is 1.96 bits per heavy atom. The molecule has 126 valence electrons. The molecule has 0 aromatic heterocycles. The summed E-state index contributed by atoms with van der Waals surface area (Å²) in [5.41, 5.74) is -0.277. The van der Waals surface area contributed by atoms with E-state index in [0.717, 1.165) is 19.3 Å². The van der Waals surface area contributed by atoms with Gasteiger partial charge in [0, 0.05) is 13.1 Å². The lowest BCUT2D eigenvalue weighted by Gasteiger charge is -2.38. The molecule has 0 saturated heterocycles. The molecule has 1 fully saturated rings. The largest absolute Gasteiger partial charge is 0.493 e. The fraction of sp³-hybridized carbons (Fsp3) is 0.500. The van der Waals surface area contributed by atoms with E-state index in [9.17, 15) is 10.1 Å². The van der Waals surface area contributed by atoms with Crippen molar-refractivity contribution in [1.82, 2.24) is 4.90 Å². The van der Waals surface area contributed by atoms with Gasteiger partial charge in [-0.3, -0.25) is 4.79 Å². The molecule has 1 aromatic rings. The van der Waals surface area contributed by atoms with Crippen molar-refractivity contribution in [1.29, 1.82) is 10.5 Å². The maximum Gasteiger partial charge on any atom is 0.261 e. The number of hydrogen-bond acceptors (Lipinski definition) is 5. The van der Waals surface area contributed by atoms with Gasteiger partial charge in [0.1, 0.15) is 5.54 Å². The number of methoxy groups -OCH3 is 1. The molecule has 0 bridgehead atoms. The zero-order valence-electron chi connectivity index (χ0n) is 14.0. The van der Waals surface area contributed by atoms with Crippen LogP contribution in [0, 0.1) is 22.7 Å². The molecule has 6 nitrogen and oxygen atoms in total. The summed E-state index contributed by atoms with van der Waals surface area (Å²) in [6.45, 7) is -0.178. The number of benzene rings is 1. The highest BCUT2D eigenvalue weighted by atomic mass is 16.5. The quantitative estimate of drug-likeness (QED) is 0.829. The summed E-state index contributed by atoms with van der Waals surface area (Å²) in [5.74, 6) is 0.551. The second kappa shape index (κ2) is 7.70. The van der Waals surface area contributed by atoms with E-state index in [1.54, 1.807) is 25.2 Å². The molecule has 1 amide bonds. The first-order valence-corrected chi connectivity index (χ1v) is 7.95. The SMILES string of the molecule is COc1cc(C#N)ccc1OCC(=O)N(C)C1(C#N)CCCCC1. The third kappa shape index (κ3) is 3.60. The van der Waals surface area contributed by atoms with Crippen LogP contribution < -0.4 is 9.47 Å². The molecular weight excluding hydrogens is 306 g/mol. The number of nitriles is 2. The fourth-order valence-electron chi connectivity index (χ4n) is 2.99. The van der Waals surface area contributed by atoms with Crippen LogP contribution in [-0.2, 0) is 4.79 Å². The molecule has 0 heterocycles. The van der Waals surface area contributed by atoms with Crippen molar-refractivity contribution in [2.24, 2.45) is 0 Å². The van der Waals surface area contributed by atoms with Gasteiger partial charge >= 0.3 is 0 Å².